The maximum Gasteiger partial charge on any atom is 0.124 e. The Balaban J connectivity index is 1.77. The first-order valence-corrected chi connectivity index (χ1v) is 7.97. The van der Waals surface area contributed by atoms with Crippen molar-refractivity contribution in [2.45, 2.75) is 32.4 Å². The number of rotatable bonds is 7. The Morgan fingerprint density at radius 3 is 3.06 bits per heavy atom. The van der Waals surface area contributed by atoms with Crippen molar-refractivity contribution in [1.82, 2.24) is 10.3 Å². The molecule has 1 unspecified atom stereocenters. The van der Waals surface area contributed by atoms with E-state index in [9.17, 15) is 5.11 Å². The van der Waals surface area contributed by atoms with E-state index in [-0.39, 0.29) is 6.10 Å². The van der Waals surface area contributed by atoms with Gasteiger partial charge in [-0.05, 0) is 30.8 Å². The van der Waals surface area contributed by atoms with E-state index in [2.05, 4.69) is 32.5 Å². The highest BCUT2D eigenvalue weighted by Gasteiger charge is 2.05. The summed E-state index contributed by atoms with van der Waals surface area (Å²) in [7, 11) is 0. The van der Waals surface area contributed by atoms with Gasteiger partial charge in [0.2, 0.25) is 0 Å². The highest BCUT2D eigenvalue weighted by molar-refractivity contribution is 7.14. The van der Waals surface area contributed by atoms with E-state index >= 15 is 0 Å². The molecule has 3 nitrogen and oxygen atoms in total. The predicted octanol–water partition coefficient (Wildman–Crippen LogP) is 3.12. The van der Waals surface area contributed by atoms with Gasteiger partial charge < -0.3 is 10.4 Å². The molecule has 2 N–H and O–H groups in total. The van der Waals surface area contributed by atoms with Crippen LogP contribution in [-0.2, 0) is 6.54 Å². The number of aliphatic hydroxyl groups excluding tert-OH is 1. The zero-order valence-corrected chi connectivity index (χ0v) is 12.1. The SMILES string of the molecule is CCC(O)CCNCc1csc(-c2ccsc2)n1. The van der Waals surface area contributed by atoms with Gasteiger partial charge in [0.1, 0.15) is 5.01 Å². The summed E-state index contributed by atoms with van der Waals surface area (Å²) in [6, 6.07) is 2.10. The van der Waals surface area contributed by atoms with Crippen molar-refractivity contribution < 1.29 is 5.11 Å². The monoisotopic (exact) mass is 282 g/mol. The molecule has 98 valence electrons. The Labute approximate surface area is 116 Å². The summed E-state index contributed by atoms with van der Waals surface area (Å²) < 4.78 is 0. The smallest absolute Gasteiger partial charge is 0.124 e. The number of nitrogens with zero attached hydrogens (tertiary/aromatic N) is 1. The highest BCUT2D eigenvalue weighted by Crippen LogP contribution is 2.25. The Morgan fingerprint density at radius 2 is 2.33 bits per heavy atom. The Morgan fingerprint density at radius 1 is 1.44 bits per heavy atom. The average molecular weight is 282 g/mol. The average Bonchev–Trinajstić information content (AvgIpc) is 3.04. The molecule has 0 aliphatic carbocycles. The number of hydrogen-bond donors (Lipinski definition) is 2. The van der Waals surface area contributed by atoms with E-state index in [0.717, 1.165) is 36.6 Å². The van der Waals surface area contributed by atoms with E-state index < -0.39 is 0 Å². The van der Waals surface area contributed by atoms with Crippen LogP contribution in [0, 0.1) is 0 Å². The molecule has 0 fully saturated rings. The number of hydrogen-bond acceptors (Lipinski definition) is 5. The molecule has 0 spiro atoms. The second kappa shape index (κ2) is 6.99. The zero-order chi connectivity index (χ0) is 12.8. The lowest BCUT2D eigenvalue weighted by Gasteiger charge is -2.07. The number of aliphatic hydroxyl groups is 1. The van der Waals surface area contributed by atoms with Crippen LogP contribution in [0.15, 0.2) is 22.2 Å². The van der Waals surface area contributed by atoms with Crippen molar-refractivity contribution in [1.29, 1.82) is 0 Å². The molecule has 18 heavy (non-hydrogen) atoms. The molecule has 0 amide bonds. The lowest BCUT2D eigenvalue weighted by Crippen LogP contribution is -2.19. The van der Waals surface area contributed by atoms with Crippen LogP contribution in [0.3, 0.4) is 0 Å². The fourth-order valence-corrected chi connectivity index (χ4v) is 3.13. The van der Waals surface area contributed by atoms with Crippen LogP contribution < -0.4 is 5.32 Å². The van der Waals surface area contributed by atoms with Crippen molar-refractivity contribution in [3.05, 3.63) is 27.9 Å². The summed E-state index contributed by atoms with van der Waals surface area (Å²) in [6.45, 7) is 3.61. The molecule has 0 aliphatic rings. The molecule has 2 aromatic heterocycles. The summed E-state index contributed by atoms with van der Waals surface area (Å²) in [6.07, 6.45) is 1.44. The van der Waals surface area contributed by atoms with Crippen LogP contribution in [0.25, 0.3) is 10.6 Å². The van der Waals surface area contributed by atoms with Gasteiger partial charge in [-0.1, -0.05) is 6.92 Å². The second-order valence-electron chi connectivity index (χ2n) is 4.18. The largest absolute Gasteiger partial charge is 0.393 e. The van der Waals surface area contributed by atoms with Gasteiger partial charge in [-0.15, -0.1) is 11.3 Å². The van der Waals surface area contributed by atoms with Crippen LogP contribution in [0.5, 0.6) is 0 Å². The molecule has 0 saturated heterocycles. The topological polar surface area (TPSA) is 45.1 Å². The first-order valence-electron chi connectivity index (χ1n) is 6.15. The van der Waals surface area contributed by atoms with Crippen molar-refractivity contribution in [2.75, 3.05) is 6.54 Å². The van der Waals surface area contributed by atoms with Crippen LogP contribution in [0.1, 0.15) is 25.5 Å². The standard InChI is InChI=1S/C13H18N2OS2/c1-2-12(16)3-5-14-7-11-9-18-13(15-11)10-4-6-17-8-10/h4,6,8-9,12,14,16H,2-3,5,7H2,1H3. The van der Waals surface area contributed by atoms with Crippen molar-refractivity contribution >= 4 is 22.7 Å². The van der Waals surface area contributed by atoms with E-state index in [1.165, 1.54) is 5.56 Å². The normalized spacial score (nSPS) is 12.8. The molecule has 2 heterocycles. The minimum Gasteiger partial charge on any atom is -0.393 e. The fraction of sp³-hybridized carbons (Fsp3) is 0.462. The molecule has 0 aromatic carbocycles. The lowest BCUT2D eigenvalue weighted by molar-refractivity contribution is 0.159. The number of thiophene rings is 1. The van der Waals surface area contributed by atoms with E-state index in [4.69, 9.17) is 0 Å². The summed E-state index contributed by atoms with van der Waals surface area (Å²) in [5.41, 5.74) is 2.28. The number of aromatic nitrogens is 1. The van der Waals surface area contributed by atoms with Crippen LogP contribution in [-0.4, -0.2) is 22.7 Å². The van der Waals surface area contributed by atoms with Crippen LogP contribution >= 0.6 is 22.7 Å². The molecular formula is C13H18N2OS2. The Hall–Kier alpha value is -0.750. The maximum atomic E-state index is 9.43. The summed E-state index contributed by atoms with van der Waals surface area (Å²) in [5, 5.41) is 20.1. The van der Waals surface area contributed by atoms with E-state index in [1.54, 1.807) is 22.7 Å². The van der Waals surface area contributed by atoms with Gasteiger partial charge in [0.25, 0.3) is 0 Å². The van der Waals surface area contributed by atoms with Crippen LogP contribution in [0.4, 0.5) is 0 Å². The summed E-state index contributed by atoms with van der Waals surface area (Å²) in [5.74, 6) is 0. The molecule has 1 atom stereocenters. The quantitative estimate of drug-likeness (QED) is 0.767. The second-order valence-corrected chi connectivity index (χ2v) is 5.82. The minimum absolute atomic E-state index is 0.186. The van der Waals surface area contributed by atoms with Crippen LogP contribution in [0.2, 0.25) is 0 Å². The van der Waals surface area contributed by atoms with Gasteiger partial charge in [-0.3, -0.25) is 0 Å². The zero-order valence-electron chi connectivity index (χ0n) is 10.4. The first kappa shape index (κ1) is 13.7. The first-order chi connectivity index (χ1) is 8.79. The third-order valence-corrected chi connectivity index (χ3v) is 4.37. The third kappa shape index (κ3) is 3.88. The molecular weight excluding hydrogens is 264 g/mol. The van der Waals surface area contributed by atoms with E-state index in [0.29, 0.717) is 0 Å². The molecule has 2 aromatic rings. The number of thiazole rings is 1. The minimum atomic E-state index is -0.186. The molecule has 0 aliphatic heterocycles. The van der Waals surface area contributed by atoms with E-state index in [1.807, 2.05) is 6.92 Å². The molecule has 0 bridgehead atoms. The molecule has 2 rings (SSSR count). The lowest BCUT2D eigenvalue weighted by atomic mass is 10.2. The van der Waals surface area contributed by atoms with Gasteiger partial charge in [0.05, 0.1) is 11.8 Å². The van der Waals surface area contributed by atoms with Gasteiger partial charge >= 0.3 is 0 Å². The summed E-state index contributed by atoms with van der Waals surface area (Å²) >= 11 is 3.38. The van der Waals surface area contributed by atoms with Gasteiger partial charge in [-0.2, -0.15) is 11.3 Å². The Kier molecular flexibility index (Phi) is 5.31. The van der Waals surface area contributed by atoms with Crippen molar-refractivity contribution in [2.24, 2.45) is 0 Å². The highest BCUT2D eigenvalue weighted by atomic mass is 32.1. The maximum absolute atomic E-state index is 9.43. The summed E-state index contributed by atoms with van der Waals surface area (Å²) in [4.78, 5) is 4.59. The van der Waals surface area contributed by atoms with Gasteiger partial charge in [0.15, 0.2) is 0 Å². The molecule has 5 heteroatoms. The van der Waals surface area contributed by atoms with Gasteiger partial charge in [-0.25, -0.2) is 4.98 Å². The Bertz CT molecular complexity index is 453. The fourth-order valence-electron chi connectivity index (χ4n) is 1.60. The van der Waals surface area contributed by atoms with Gasteiger partial charge in [0, 0.05) is 22.9 Å². The third-order valence-electron chi connectivity index (χ3n) is 2.75. The molecule has 0 radical (unpaired) electrons. The molecule has 0 saturated carbocycles. The predicted molar refractivity (Wildman–Crippen MR) is 78.0 cm³/mol. The van der Waals surface area contributed by atoms with Crippen molar-refractivity contribution in [3.63, 3.8) is 0 Å². The number of nitrogens with one attached hydrogen (secondary N) is 1. The van der Waals surface area contributed by atoms with Crippen molar-refractivity contribution in [3.8, 4) is 10.6 Å².